The maximum atomic E-state index is 14.1. The Hall–Kier alpha value is -5.86. The summed E-state index contributed by atoms with van der Waals surface area (Å²) in [6.07, 6.45) is 8.86. The zero-order valence-electron chi connectivity index (χ0n) is 44.4. The van der Waals surface area contributed by atoms with Gasteiger partial charge in [0.25, 0.3) is 0 Å². The van der Waals surface area contributed by atoms with Crippen LogP contribution in [0.15, 0.2) is 12.1 Å². The van der Waals surface area contributed by atoms with E-state index in [1.807, 2.05) is 52.3 Å². The van der Waals surface area contributed by atoms with Crippen molar-refractivity contribution < 1.29 is 14.2 Å². The number of hydrogen-bond donors (Lipinski definition) is 7. The third-order valence-electron chi connectivity index (χ3n) is 16.1. The van der Waals surface area contributed by atoms with Gasteiger partial charge in [0.1, 0.15) is 23.6 Å². The summed E-state index contributed by atoms with van der Waals surface area (Å²) in [7, 11) is 13.6. The normalized spacial score (nSPS) is 23.5. The molecule has 7 N–H and O–H groups in total. The van der Waals surface area contributed by atoms with E-state index in [0.29, 0.717) is 31.4 Å². The highest BCUT2D eigenvalue weighted by Crippen LogP contribution is 2.37. The molecule has 6 aromatic rings. The molecule has 9 heterocycles. The summed E-state index contributed by atoms with van der Waals surface area (Å²) >= 11 is 0. The van der Waals surface area contributed by atoms with Gasteiger partial charge in [-0.05, 0) is 133 Å². The molecule has 3 aliphatic carbocycles. The number of aliphatic hydroxyl groups is 1. The maximum Gasteiger partial charge on any atom is 0.227 e. The van der Waals surface area contributed by atoms with Gasteiger partial charge in [-0.1, -0.05) is 0 Å². The lowest BCUT2D eigenvalue weighted by Crippen LogP contribution is -2.34. The summed E-state index contributed by atoms with van der Waals surface area (Å²) in [5, 5.41) is 33.3. The molecule has 0 amide bonds. The predicted molar refractivity (Wildman–Crippen MR) is 292 cm³/mol. The highest BCUT2D eigenvalue weighted by atomic mass is 19.1. The van der Waals surface area contributed by atoms with Crippen molar-refractivity contribution >= 4 is 67.9 Å². The molecule has 6 aliphatic rings. The fraction of sp³-hybridized carbons (Fsp3) is 0.574. The Morgan fingerprint density at radius 1 is 0.534 bits per heavy atom. The van der Waals surface area contributed by atoms with Crippen LogP contribution in [0.25, 0.3) is 33.1 Å². The molecule has 18 nitrogen and oxygen atoms in total. The first-order valence-electron chi connectivity index (χ1n) is 26.3. The first-order valence-corrected chi connectivity index (χ1v) is 26.3. The van der Waals surface area contributed by atoms with Crippen molar-refractivity contribution in [3.63, 3.8) is 0 Å². The SMILES string of the molecule is CNc1cc(NC2CN(C)CC2F)nc2nc3c(c(C)c12)CCC3.CNc1cc(NC2CN(C)CC2O)nc2nc3c(c(C)c12)CCC3.CNc1nc(NC2CN(C)CC2OC)nc2nc3c(c(C)c12)CCC3. The summed E-state index contributed by atoms with van der Waals surface area (Å²) in [5.41, 5.74) is 16.0. The third kappa shape index (κ3) is 10.1. The number of alkyl halides is 1. The van der Waals surface area contributed by atoms with E-state index in [1.165, 1.54) is 63.3 Å². The van der Waals surface area contributed by atoms with Crippen LogP contribution in [0.1, 0.15) is 69.7 Å². The molecule has 73 heavy (non-hydrogen) atoms. The molecule has 0 spiro atoms. The Balaban J connectivity index is 0.000000126. The van der Waals surface area contributed by atoms with E-state index in [9.17, 15) is 9.50 Å². The van der Waals surface area contributed by atoms with Crippen LogP contribution in [-0.4, -0.2) is 180 Å². The Morgan fingerprint density at radius 2 is 1.00 bits per heavy atom. The molecule has 0 saturated carbocycles. The van der Waals surface area contributed by atoms with Gasteiger partial charge >= 0.3 is 0 Å². The van der Waals surface area contributed by atoms with Crippen molar-refractivity contribution in [3.8, 4) is 0 Å². The van der Waals surface area contributed by atoms with Crippen molar-refractivity contribution in [2.75, 3.05) is 121 Å². The number of nitrogens with one attached hydrogen (secondary N) is 6. The number of aromatic nitrogens is 7. The highest BCUT2D eigenvalue weighted by Gasteiger charge is 2.34. The van der Waals surface area contributed by atoms with Gasteiger partial charge in [-0.15, -0.1) is 0 Å². The third-order valence-corrected chi connectivity index (χ3v) is 16.1. The van der Waals surface area contributed by atoms with Gasteiger partial charge < -0.3 is 56.4 Å². The van der Waals surface area contributed by atoms with Gasteiger partial charge in [0, 0.05) is 119 Å². The molecule has 0 aromatic carbocycles. The van der Waals surface area contributed by atoms with E-state index < -0.39 is 6.17 Å². The van der Waals surface area contributed by atoms with E-state index in [2.05, 4.69) is 69.5 Å². The van der Waals surface area contributed by atoms with E-state index >= 15 is 0 Å². The van der Waals surface area contributed by atoms with Crippen LogP contribution in [0.3, 0.4) is 0 Å². The minimum Gasteiger partial charge on any atom is -0.390 e. The molecule has 3 fully saturated rings. The van der Waals surface area contributed by atoms with Gasteiger partial charge in [0.2, 0.25) is 5.95 Å². The smallest absolute Gasteiger partial charge is 0.227 e. The van der Waals surface area contributed by atoms with E-state index in [0.717, 1.165) is 121 Å². The number of hydrogen-bond acceptors (Lipinski definition) is 18. The Bertz CT molecular complexity index is 2900. The lowest BCUT2D eigenvalue weighted by Gasteiger charge is -2.19. The Labute approximate surface area is 428 Å². The molecular weight excluding hydrogens is 924 g/mol. The number of aliphatic hydroxyl groups excluding tert-OH is 1. The van der Waals surface area contributed by atoms with Crippen LogP contribution in [0.4, 0.5) is 39.2 Å². The van der Waals surface area contributed by atoms with Crippen LogP contribution in [0, 0.1) is 20.8 Å². The minimum atomic E-state index is -0.875. The number of likely N-dealkylation sites (tertiary alicyclic amines) is 3. The second-order valence-electron chi connectivity index (χ2n) is 21.2. The summed E-state index contributed by atoms with van der Waals surface area (Å²) in [5.74, 6) is 2.92. The monoisotopic (exact) mass is 999 g/mol. The lowest BCUT2D eigenvalue weighted by molar-refractivity contribution is 0.104. The first kappa shape index (κ1) is 50.7. The number of aryl methyl sites for hydroxylation is 6. The summed E-state index contributed by atoms with van der Waals surface area (Å²) in [6.45, 7) is 11.0. The van der Waals surface area contributed by atoms with Crippen molar-refractivity contribution in [3.05, 3.63) is 62.6 Å². The molecule has 12 rings (SSSR count). The second-order valence-corrected chi connectivity index (χ2v) is 21.2. The second kappa shape index (κ2) is 21.2. The van der Waals surface area contributed by atoms with Gasteiger partial charge in [0.05, 0.1) is 35.7 Å². The molecule has 3 aliphatic heterocycles. The average molecular weight is 999 g/mol. The number of fused-ring (bicyclic) bond motifs is 6. The topological polar surface area (TPSA) is 202 Å². The average Bonchev–Trinajstić information content (AvgIpc) is 4.25. The number of nitrogens with zero attached hydrogens (tertiary/aromatic N) is 10. The van der Waals surface area contributed by atoms with Crippen LogP contribution in [0.2, 0.25) is 0 Å². The largest absolute Gasteiger partial charge is 0.390 e. The number of β-amino-alcohol motifs (C(OH)–C–C–N with tert-alkyl or cyclic N) is 1. The van der Waals surface area contributed by atoms with Crippen LogP contribution in [-0.2, 0) is 43.3 Å². The molecule has 6 aromatic heterocycles. The zero-order chi connectivity index (χ0) is 51.2. The molecule has 0 radical (unpaired) electrons. The van der Waals surface area contributed by atoms with Gasteiger partial charge in [-0.2, -0.15) is 9.97 Å². The number of halogens is 1. The molecule has 3 saturated heterocycles. The van der Waals surface area contributed by atoms with Crippen molar-refractivity contribution in [1.29, 1.82) is 0 Å². The van der Waals surface area contributed by atoms with Crippen LogP contribution >= 0.6 is 0 Å². The van der Waals surface area contributed by atoms with Crippen LogP contribution < -0.4 is 31.9 Å². The number of ether oxygens (including phenoxy) is 1. The van der Waals surface area contributed by atoms with Crippen molar-refractivity contribution in [1.82, 2.24) is 49.6 Å². The molecule has 6 unspecified atom stereocenters. The standard InChI is InChI=1S/C18H24FN5.C18H26N6O.C18H25N5O/c1-10-11-5-4-6-13(11)22-18-17(10)14(20-2)7-16(23-18)21-15-9-24(3)8-12(15)19;1-10-11-6-5-7-12(11)20-17-15(10)16(19-2)22-18(23-17)21-13-8-24(3)9-14(13)25-4;1-10-11-5-4-6-12(11)21-18-17(10)13(19-2)7-16(22-18)20-14-8-23(3)9-15(14)24/h7,12,15H,4-6,8-9H2,1-3H3,(H2,20,21,22,23);13-14H,5-9H2,1-4H3,(H2,19,20,21,22,23);7,14-15,24H,4-6,8-9H2,1-3H3,(H2,19,20,21,22). The summed E-state index contributed by atoms with van der Waals surface area (Å²) in [6, 6.07) is 3.96. The fourth-order valence-corrected chi connectivity index (χ4v) is 12.3. The first-order chi connectivity index (χ1) is 35.2. The highest BCUT2D eigenvalue weighted by molar-refractivity contribution is 5.96. The Morgan fingerprint density at radius 3 is 1.47 bits per heavy atom. The number of likely N-dealkylation sites (N-methyl/N-ethyl adjacent to an activating group) is 3. The van der Waals surface area contributed by atoms with Gasteiger partial charge in [0.15, 0.2) is 16.9 Å². The van der Waals surface area contributed by atoms with Crippen LogP contribution in [0.5, 0.6) is 0 Å². The van der Waals surface area contributed by atoms with Gasteiger partial charge in [-0.3, -0.25) is 0 Å². The maximum absolute atomic E-state index is 14.1. The molecule has 19 heteroatoms. The summed E-state index contributed by atoms with van der Waals surface area (Å²) < 4.78 is 19.7. The van der Waals surface area contributed by atoms with E-state index in [4.69, 9.17) is 39.6 Å². The number of pyridine rings is 5. The van der Waals surface area contributed by atoms with Gasteiger partial charge in [-0.25, -0.2) is 29.3 Å². The molecule has 390 valence electrons. The molecule has 0 bridgehead atoms. The molecule has 6 atom stereocenters. The number of methoxy groups -OCH3 is 1. The lowest BCUT2D eigenvalue weighted by atomic mass is 10.0. The number of rotatable bonds is 10. The van der Waals surface area contributed by atoms with Crippen molar-refractivity contribution in [2.24, 2.45) is 0 Å². The Kier molecular flexibility index (Phi) is 14.7. The molecular formula is C54H75FN16O2. The summed E-state index contributed by atoms with van der Waals surface area (Å²) in [4.78, 5) is 39.7. The fourth-order valence-electron chi connectivity index (χ4n) is 12.3. The minimum absolute atomic E-state index is 0.000167. The van der Waals surface area contributed by atoms with E-state index in [1.54, 1.807) is 7.11 Å². The zero-order valence-corrected chi connectivity index (χ0v) is 44.4. The quantitative estimate of drug-likeness (QED) is 0.0882. The predicted octanol–water partition coefficient (Wildman–Crippen LogP) is 5.69. The van der Waals surface area contributed by atoms with Crippen molar-refractivity contribution in [2.45, 2.75) is 115 Å². The van der Waals surface area contributed by atoms with E-state index in [-0.39, 0.29) is 30.3 Å². The number of anilines is 6.